The van der Waals surface area contributed by atoms with Gasteiger partial charge in [-0.05, 0) is 41.9 Å². The minimum absolute atomic E-state index is 0.127. The van der Waals surface area contributed by atoms with Crippen LogP contribution in [0.3, 0.4) is 0 Å². The Morgan fingerprint density at radius 3 is 2.59 bits per heavy atom. The van der Waals surface area contributed by atoms with Crippen LogP contribution in [0, 0.1) is 5.92 Å². The van der Waals surface area contributed by atoms with E-state index >= 15 is 0 Å². The fourth-order valence-corrected chi connectivity index (χ4v) is 2.71. The van der Waals surface area contributed by atoms with Crippen molar-refractivity contribution in [1.82, 2.24) is 0 Å². The Labute approximate surface area is 103 Å². The van der Waals surface area contributed by atoms with Crippen molar-refractivity contribution in [2.24, 2.45) is 5.92 Å². The summed E-state index contributed by atoms with van der Waals surface area (Å²) >= 11 is 0. The number of aryl methyl sites for hydroxylation is 2. The number of hydrogen-bond donors (Lipinski definition) is 0. The molecule has 1 aliphatic rings. The maximum Gasteiger partial charge on any atom is 0.313 e. The lowest BCUT2D eigenvalue weighted by Crippen LogP contribution is -2.19. The van der Waals surface area contributed by atoms with E-state index in [-0.39, 0.29) is 17.8 Å². The van der Waals surface area contributed by atoms with Crippen molar-refractivity contribution >= 4 is 5.97 Å². The molecule has 17 heavy (non-hydrogen) atoms. The minimum Gasteiger partial charge on any atom is -0.469 e. The molecule has 2 nitrogen and oxygen atoms in total. The zero-order valence-electron chi connectivity index (χ0n) is 10.8. The minimum atomic E-state index is -0.133. The zero-order valence-corrected chi connectivity index (χ0v) is 10.8. The number of benzene rings is 1. The third kappa shape index (κ3) is 2.36. The molecule has 0 saturated carbocycles. The van der Waals surface area contributed by atoms with Gasteiger partial charge in [0, 0.05) is 0 Å². The second-order valence-electron chi connectivity index (χ2n) is 5.13. The smallest absolute Gasteiger partial charge is 0.313 e. The number of ether oxygens (including phenoxy) is 1. The molecule has 0 radical (unpaired) electrons. The lowest BCUT2D eigenvalue weighted by molar-refractivity contribution is -0.143. The predicted octanol–water partition coefficient (Wildman–Crippen LogP) is 3.09. The molecule has 1 aromatic rings. The van der Waals surface area contributed by atoms with Crippen molar-refractivity contribution in [2.45, 2.75) is 39.0 Å². The molecule has 0 N–H and O–H groups in total. The Bertz CT molecular complexity index is 421. The van der Waals surface area contributed by atoms with Gasteiger partial charge in [-0.1, -0.05) is 32.0 Å². The van der Waals surface area contributed by atoms with Crippen LogP contribution in [0.2, 0.25) is 0 Å². The topological polar surface area (TPSA) is 26.3 Å². The number of carbonyl (C=O) groups is 1. The summed E-state index contributed by atoms with van der Waals surface area (Å²) in [7, 11) is 1.46. The van der Waals surface area contributed by atoms with Crippen LogP contribution >= 0.6 is 0 Å². The number of rotatable bonds is 3. The van der Waals surface area contributed by atoms with Crippen LogP contribution < -0.4 is 0 Å². The molecule has 2 rings (SSSR count). The molecule has 92 valence electrons. The Morgan fingerprint density at radius 1 is 1.24 bits per heavy atom. The summed E-state index contributed by atoms with van der Waals surface area (Å²) in [5.74, 6) is 0.00532. The van der Waals surface area contributed by atoms with E-state index in [1.165, 1.54) is 31.1 Å². The van der Waals surface area contributed by atoms with Crippen LogP contribution in [0.25, 0.3) is 0 Å². The molecule has 0 spiro atoms. The highest BCUT2D eigenvalue weighted by atomic mass is 16.5. The van der Waals surface area contributed by atoms with Crippen molar-refractivity contribution in [3.63, 3.8) is 0 Å². The predicted molar refractivity (Wildman–Crippen MR) is 68.1 cm³/mol. The van der Waals surface area contributed by atoms with E-state index in [4.69, 9.17) is 4.74 Å². The maximum atomic E-state index is 11.8. The quantitative estimate of drug-likeness (QED) is 0.749. The summed E-state index contributed by atoms with van der Waals surface area (Å²) < 4.78 is 4.91. The van der Waals surface area contributed by atoms with E-state index in [2.05, 4.69) is 32.0 Å². The van der Waals surface area contributed by atoms with Gasteiger partial charge in [-0.15, -0.1) is 0 Å². The molecule has 1 aromatic carbocycles. The third-order valence-corrected chi connectivity index (χ3v) is 3.60. The van der Waals surface area contributed by atoms with Crippen LogP contribution in [0.1, 0.15) is 42.9 Å². The zero-order chi connectivity index (χ0) is 12.4. The van der Waals surface area contributed by atoms with Crippen molar-refractivity contribution in [3.05, 3.63) is 34.9 Å². The first-order valence-electron chi connectivity index (χ1n) is 6.33. The van der Waals surface area contributed by atoms with Crippen LogP contribution in [0.5, 0.6) is 0 Å². The maximum absolute atomic E-state index is 11.8. The van der Waals surface area contributed by atoms with Gasteiger partial charge in [-0.25, -0.2) is 0 Å². The van der Waals surface area contributed by atoms with Gasteiger partial charge >= 0.3 is 5.97 Å². The number of methoxy groups -OCH3 is 1. The van der Waals surface area contributed by atoms with Gasteiger partial charge in [-0.3, -0.25) is 4.79 Å². The van der Waals surface area contributed by atoms with Gasteiger partial charge in [0.15, 0.2) is 0 Å². The second kappa shape index (κ2) is 4.91. The second-order valence-corrected chi connectivity index (χ2v) is 5.13. The monoisotopic (exact) mass is 232 g/mol. The molecule has 0 fully saturated rings. The van der Waals surface area contributed by atoms with Crippen LogP contribution in [0.15, 0.2) is 18.2 Å². The van der Waals surface area contributed by atoms with Gasteiger partial charge < -0.3 is 4.74 Å². The molecular weight excluding hydrogens is 212 g/mol. The average molecular weight is 232 g/mol. The summed E-state index contributed by atoms with van der Waals surface area (Å²) in [6, 6.07) is 6.46. The van der Waals surface area contributed by atoms with E-state index in [1.807, 2.05) is 0 Å². The van der Waals surface area contributed by atoms with Gasteiger partial charge in [0.2, 0.25) is 0 Å². The highest BCUT2D eigenvalue weighted by molar-refractivity contribution is 5.78. The highest BCUT2D eigenvalue weighted by Gasteiger charge is 2.26. The lowest BCUT2D eigenvalue weighted by atomic mass is 9.87. The summed E-state index contributed by atoms with van der Waals surface area (Å²) in [6.07, 6.45) is 3.57. The van der Waals surface area contributed by atoms with Gasteiger partial charge in [0.25, 0.3) is 0 Å². The summed E-state index contributed by atoms with van der Waals surface area (Å²) in [6.45, 7) is 4.13. The fraction of sp³-hybridized carbons (Fsp3) is 0.533. The number of hydrogen-bond acceptors (Lipinski definition) is 2. The van der Waals surface area contributed by atoms with Gasteiger partial charge in [-0.2, -0.15) is 0 Å². The van der Waals surface area contributed by atoms with E-state index in [0.717, 1.165) is 12.0 Å². The van der Waals surface area contributed by atoms with Crippen LogP contribution in [-0.4, -0.2) is 13.1 Å². The molecule has 0 heterocycles. The SMILES string of the molecule is COC(=O)C(c1ccc2c(c1)CCC2)C(C)C. The molecule has 0 aromatic heterocycles. The molecule has 1 unspecified atom stereocenters. The van der Waals surface area contributed by atoms with Crippen molar-refractivity contribution in [2.75, 3.05) is 7.11 Å². The first-order chi connectivity index (χ1) is 8.13. The molecule has 0 amide bonds. The van der Waals surface area contributed by atoms with Crippen molar-refractivity contribution < 1.29 is 9.53 Å². The Morgan fingerprint density at radius 2 is 1.94 bits per heavy atom. The molecule has 1 aliphatic carbocycles. The number of esters is 1. The third-order valence-electron chi connectivity index (χ3n) is 3.60. The first-order valence-corrected chi connectivity index (χ1v) is 6.33. The van der Waals surface area contributed by atoms with Crippen LogP contribution in [-0.2, 0) is 22.4 Å². The van der Waals surface area contributed by atoms with Gasteiger partial charge in [0.05, 0.1) is 13.0 Å². The van der Waals surface area contributed by atoms with Crippen molar-refractivity contribution in [1.29, 1.82) is 0 Å². The normalized spacial score (nSPS) is 15.8. The van der Waals surface area contributed by atoms with E-state index in [9.17, 15) is 4.79 Å². The van der Waals surface area contributed by atoms with E-state index in [0.29, 0.717) is 0 Å². The first kappa shape index (κ1) is 12.2. The Kier molecular flexibility index (Phi) is 3.51. The Hall–Kier alpha value is -1.31. The standard InChI is InChI=1S/C15H20O2/c1-10(2)14(15(16)17-3)13-8-7-11-5-4-6-12(11)9-13/h7-10,14H,4-6H2,1-3H3. The Balaban J connectivity index is 2.33. The fourth-order valence-electron chi connectivity index (χ4n) is 2.71. The summed E-state index contributed by atoms with van der Waals surface area (Å²) in [4.78, 5) is 11.8. The molecule has 1 atom stereocenters. The highest BCUT2D eigenvalue weighted by Crippen LogP contribution is 2.30. The summed E-state index contributed by atoms with van der Waals surface area (Å²) in [5, 5.41) is 0. The van der Waals surface area contributed by atoms with E-state index in [1.54, 1.807) is 0 Å². The largest absolute Gasteiger partial charge is 0.469 e. The van der Waals surface area contributed by atoms with Crippen molar-refractivity contribution in [3.8, 4) is 0 Å². The molecular formula is C15H20O2. The molecule has 2 heteroatoms. The van der Waals surface area contributed by atoms with Gasteiger partial charge in [0.1, 0.15) is 0 Å². The molecule has 0 aliphatic heterocycles. The number of carbonyl (C=O) groups excluding carboxylic acids is 1. The molecule has 0 bridgehead atoms. The lowest BCUT2D eigenvalue weighted by Gasteiger charge is -2.19. The summed E-state index contributed by atoms with van der Waals surface area (Å²) in [5.41, 5.74) is 3.96. The molecule has 0 saturated heterocycles. The van der Waals surface area contributed by atoms with Crippen LogP contribution in [0.4, 0.5) is 0 Å². The van der Waals surface area contributed by atoms with E-state index < -0.39 is 0 Å². The number of fused-ring (bicyclic) bond motifs is 1. The average Bonchev–Trinajstić information content (AvgIpc) is 2.75.